The number of nitrogens with one attached hydrogen (secondary N) is 1. The number of benzene rings is 1. The van der Waals surface area contributed by atoms with E-state index in [1.54, 1.807) is 11.3 Å². The van der Waals surface area contributed by atoms with Gasteiger partial charge < -0.3 is 14.8 Å². The molecule has 0 saturated carbocycles. The molecule has 1 aromatic heterocycles. The summed E-state index contributed by atoms with van der Waals surface area (Å²) in [5.74, 6) is 0.971. The molecule has 2 aromatic rings. The summed E-state index contributed by atoms with van der Waals surface area (Å²) in [5, 5.41) is 5.32. The van der Waals surface area contributed by atoms with Crippen molar-refractivity contribution in [2.24, 2.45) is 0 Å². The molecular weight excluding hydrogens is 370 g/mol. The molecule has 2 aliphatic rings. The summed E-state index contributed by atoms with van der Waals surface area (Å²) >= 11 is 1.75. The van der Waals surface area contributed by atoms with Gasteiger partial charge in [0.05, 0.1) is 12.2 Å². The number of fused-ring (bicyclic) bond motifs is 1. The van der Waals surface area contributed by atoms with E-state index in [4.69, 9.17) is 9.47 Å². The van der Waals surface area contributed by atoms with Gasteiger partial charge in [-0.05, 0) is 68.7 Å². The maximum Gasteiger partial charge on any atom is 0.252 e. The number of hydrogen-bond donors (Lipinski definition) is 1. The second kappa shape index (κ2) is 8.66. The van der Waals surface area contributed by atoms with Gasteiger partial charge in [-0.2, -0.15) is 0 Å². The predicted molar refractivity (Wildman–Crippen MR) is 113 cm³/mol. The van der Waals surface area contributed by atoms with Crippen LogP contribution in [0.3, 0.4) is 0 Å². The van der Waals surface area contributed by atoms with Gasteiger partial charge in [0.25, 0.3) is 5.91 Å². The average Bonchev–Trinajstić information content (AvgIpc) is 3.18. The van der Waals surface area contributed by atoms with Crippen molar-refractivity contribution in [3.05, 3.63) is 51.2 Å². The van der Waals surface area contributed by atoms with E-state index in [1.807, 2.05) is 19.1 Å². The zero-order valence-corrected chi connectivity index (χ0v) is 17.4. The summed E-state index contributed by atoms with van der Waals surface area (Å²) in [6.45, 7) is 4.77. The quantitative estimate of drug-likeness (QED) is 0.778. The fourth-order valence-corrected chi connectivity index (χ4v) is 5.56. The Balaban J connectivity index is 1.50. The van der Waals surface area contributed by atoms with Gasteiger partial charge in [-0.25, -0.2) is 0 Å². The van der Waals surface area contributed by atoms with Gasteiger partial charge >= 0.3 is 0 Å². The highest BCUT2D eigenvalue weighted by atomic mass is 32.1. The van der Waals surface area contributed by atoms with Gasteiger partial charge in [0.1, 0.15) is 5.75 Å². The van der Waals surface area contributed by atoms with Crippen LogP contribution in [0, 0.1) is 0 Å². The molecule has 0 radical (unpaired) electrons. The SMILES string of the molecule is CCOc1ccc(C2(CNC(=O)c3csc4c3CCCC4)CCOCC2)cc1. The third-order valence-corrected chi connectivity index (χ3v) is 7.21. The third kappa shape index (κ3) is 3.96. The van der Waals surface area contributed by atoms with Gasteiger partial charge in [0, 0.05) is 35.4 Å². The van der Waals surface area contributed by atoms with E-state index in [2.05, 4.69) is 22.8 Å². The maximum absolute atomic E-state index is 13.0. The first kappa shape index (κ1) is 19.5. The molecule has 1 aliphatic heterocycles. The van der Waals surface area contributed by atoms with Crippen LogP contribution in [0.5, 0.6) is 5.75 Å². The Bertz CT molecular complexity index is 806. The molecule has 0 spiro atoms. The molecule has 1 amide bonds. The van der Waals surface area contributed by atoms with E-state index in [-0.39, 0.29) is 11.3 Å². The smallest absolute Gasteiger partial charge is 0.252 e. The van der Waals surface area contributed by atoms with Crippen molar-refractivity contribution in [2.75, 3.05) is 26.4 Å². The molecule has 1 N–H and O–H groups in total. The highest BCUT2D eigenvalue weighted by Crippen LogP contribution is 2.36. The molecular formula is C23H29NO3S. The standard InChI is InChI=1S/C23H29NO3S/c1-2-27-18-9-7-17(8-10-18)23(11-13-26-14-12-23)16-24-22(25)20-15-28-21-6-4-3-5-19(20)21/h7-10,15H,2-6,11-14,16H2,1H3,(H,24,25). The lowest BCUT2D eigenvalue weighted by Crippen LogP contribution is -2.44. The van der Waals surface area contributed by atoms with Gasteiger partial charge in [0.2, 0.25) is 0 Å². The van der Waals surface area contributed by atoms with Crippen LogP contribution < -0.4 is 10.1 Å². The Morgan fingerprint density at radius 1 is 1.18 bits per heavy atom. The van der Waals surface area contributed by atoms with E-state index < -0.39 is 0 Å². The summed E-state index contributed by atoms with van der Waals surface area (Å²) < 4.78 is 11.2. The lowest BCUT2D eigenvalue weighted by atomic mass is 9.74. The lowest BCUT2D eigenvalue weighted by molar-refractivity contribution is 0.0487. The minimum atomic E-state index is -0.0747. The fourth-order valence-electron chi connectivity index (χ4n) is 4.43. The van der Waals surface area contributed by atoms with Crippen LogP contribution >= 0.6 is 11.3 Å². The second-order valence-electron chi connectivity index (χ2n) is 7.79. The summed E-state index contributed by atoms with van der Waals surface area (Å²) in [6, 6.07) is 8.37. The lowest BCUT2D eigenvalue weighted by Gasteiger charge is -2.38. The van der Waals surface area contributed by atoms with Crippen molar-refractivity contribution < 1.29 is 14.3 Å². The number of rotatable bonds is 6. The maximum atomic E-state index is 13.0. The van der Waals surface area contributed by atoms with Gasteiger partial charge in [0.15, 0.2) is 0 Å². The minimum Gasteiger partial charge on any atom is -0.494 e. The van der Waals surface area contributed by atoms with Crippen molar-refractivity contribution in [2.45, 2.75) is 50.9 Å². The first-order chi connectivity index (χ1) is 13.7. The Morgan fingerprint density at radius 2 is 1.93 bits per heavy atom. The predicted octanol–water partition coefficient (Wildman–Crippen LogP) is 4.50. The summed E-state index contributed by atoms with van der Waals surface area (Å²) in [5.41, 5.74) is 3.37. The summed E-state index contributed by atoms with van der Waals surface area (Å²) in [6.07, 6.45) is 6.44. The van der Waals surface area contributed by atoms with Crippen LogP contribution in [-0.2, 0) is 23.0 Å². The molecule has 1 aromatic carbocycles. The molecule has 150 valence electrons. The van der Waals surface area contributed by atoms with Crippen LogP contribution in [0.1, 0.15) is 59.0 Å². The highest BCUT2D eigenvalue weighted by molar-refractivity contribution is 7.10. The summed E-state index contributed by atoms with van der Waals surface area (Å²) in [7, 11) is 0. The zero-order chi connectivity index (χ0) is 19.4. The number of ether oxygens (including phenoxy) is 2. The Labute approximate surface area is 171 Å². The Hall–Kier alpha value is -1.85. The molecule has 1 saturated heterocycles. The van der Waals surface area contributed by atoms with Crippen LogP contribution in [0.4, 0.5) is 0 Å². The molecule has 1 fully saturated rings. The topological polar surface area (TPSA) is 47.6 Å². The molecule has 4 nitrogen and oxygen atoms in total. The first-order valence-corrected chi connectivity index (χ1v) is 11.3. The van der Waals surface area contributed by atoms with Crippen LogP contribution in [0.25, 0.3) is 0 Å². The monoisotopic (exact) mass is 399 g/mol. The van der Waals surface area contributed by atoms with Gasteiger partial charge in [-0.3, -0.25) is 4.79 Å². The minimum absolute atomic E-state index is 0.0747. The Morgan fingerprint density at radius 3 is 2.68 bits per heavy atom. The number of carbonyl (C=O) groups is 1. The molecule has 5 heteroatoms. The van der Waals surface area contributed by atoms with Crippen molar-refractivity contribution in [3.8, 4) is 5.75 Å². The van der Waals surface area contributed by atoms with Crippen LogP contribution in [0.15, 0.2) is 29.6 Å². The largest absolute Gasteiger partial charge is 0.494 e. The van der Waals surface area contributed by atoms with Crippen molar-refractivity contribution >= 4 is 17.2 Å². The van der Waals surface area contributed by atoms with Crippen LogP contribution in [0.2, 0.25) is 0 Å². The molecule has 4 rings (SSSR count). The number of amides is 1. The number of aryl methyl sites for hydroxylation is 1. The molecule has 0 bridgehead atoms. The average molecular weight is 400 g/mol. The normalized spacial score (nSPS) is 18.3. The molecule has 1 aliphatic carbocycles. The number of carbonyl (C=O) groups excluding carboxylic acids is 1. The van der Waals surface area contributed by atoms with E-state index in [9.17, 15) is 4.79 Å². The van der Waals surface area contributed by atoms with Crippen molar-refractivity contribution in [1.29, 1.82) is 0 Å². The third-order valence-electron chi connectivity index (χ3n) is 6.12. The van der Waals surface area contributed by atoms with E-state index in [0.717, 1.165) is 50.2 Å². The van der Waals surface area contributed by atoms with E-state index in [0.29, 0.717) is 13.2 Å². The highest BCUT2D eigenvalue weighted by Gasteiger charge is 2.35. The molecule has 2 heterocycles. The van der Waals surface area contributed by atoms with E-state index in [1.165, 1.54) is 28.8 Å². The molecule has 0 atom stereocenters. The van der Waals surface area contributed by atoms with E-state index >= 15 is 0 Å². The Kier molecular flexibility index (Phi) is 6.02. The van der Waals surface area contributed by atoms with Crippen molar-refractivity contribution in [3.63, 3.8) is 0 Å². The number of thiophene rings is 1. The zero-order valence-electron chi connectivity index (χ0n) is 16.6. The second-order valence-corrected chi connectivity index (χ2v) is 8.76. The first-order valence-electron chi connectivity index (χ1n) is 10.4. The van der Waals surface area contributed by atoms with Gasteiger partial charge in [-0.15, -0.1) is 11.3 Å². The molecule has 0 unspecified atom stereocenters. The van der Waals surface area contributed by atoms with Crippen molar-refractivity contribution in [1.82, 2.24) is 5.32 Å². The molecule has 28 heavy (non-hydrogen) atoms. The fraction of sp³-hybridized carbons (Fsp3) is 0.522. The number of hydrogen-bond acceptors (Lipinski definition) is 4. The van der Waals surface area contributed by atoms with Crippen LogP contribution in [-0.4, -0.2) is 32.3 Å². The van der Waals surface area contributed by atoms with Gasteiger partial charge in [-0.1, -0.05) is 12.1 Å². The summed E-state index contributed by atoms with van der Waals surface area (Å²) in [4.78, 5) is 14.4.